The van der Waals surface area contributed by atoms with E-state index in [0.717, 1.165) is 22.5 Å². The van der Waals surface area contributed by atoms with Crippen LogP contribution in [0.5, 0.6) is 0 Å². The number of quaternary nitrogens is 1. The molecule has 0 amide bonds. The fourth-order valence-corrected chi connectivity index (χ4v) is 4.26. The van der Waals surface area contributed by atoms with E-state index in [9.17, 15) is 5.11 Å². The number of fused-ring (bicyclic) bond motifs is 3. The van der Waals surface area contributed by atoms with Gasteiger partial charge in [-0.3, -0.25) is 0 Å². The summed E-state index contributed by atoms with van der Waals surface area (Å²) in [4.78, 5) is 1.54. The van der Waals surface area contributed by atoms with Crippen LogP contribution in [0.15, 0.2) is 42.5 Å². The average Bonchev–Trinajstić information content (AvgIpc) is 2.89. The third kappa shape index (κ3) is 3.04. The molecular weight excluding hydrogens is 320 g/mol. The minimum absolute atomic E-state index is 0.326. The molecule has 1 aromatic heterocycles. The number of hydrogen-bond donors (Lipinski definition) is 2. The Morgan fingerprint density at radius 2 is 1.75 bits per heavy atom. The van der Waals surface area contributed by atoms with Crippen LogP contribution in [-0.2, 0) is 6.54 Å². The summed E-state index contributed by atoms with van der Waals surface area (Å²) in [6.45, 7) is 3.86. The maximum Gasteiger partial charge on any atom is 0.121 e. The third-order valence-electron chi connectivity index (χ3n) is 5.21. The Labute approximate surface area is 147 Å². The highest BCUT2D eigenvalue weighted by Gasteiger charge is 2.20. The Bertz CT molecular complexity index is 851. The minimum atomic E-state index is -0.326. The van der Waals surface area contributed by atoms with Crippen molar-refractivity contribution in [3.8, 4) is 0 Å². The molecule has 2 heterocycles. The molecule has 2 aromatic carbocycles. The van der Waals surface area contributed by atoms with Crippen LogP contribution < -0.4 is 4.90 Å². The van der Waals surface area contributed by atoms with Crippen molar-refractivity contribution in [2.24, 2.45) is 0 Å². The van der Waals surface area contributed by atoms with Gasteiger partial charge < -0.3 is 14.6 Å². The number of para-hydroxylation sites is 1. The zero-order valence-corrected chi connectivity index (χ0v) is 14.6. The smallest absolute Gasteiger partial charge is 0.121 e. The molecule has 4 heteroatoms. The molecule has 1 aliphatic rings. The Hall–Kier alpha value is -1.55. The van der Waals surface area contributed by atoms with Gasteiger partial charge in [0.1, 0.15) is 12.6 Å². The molecule has 0 aliphatic carbocycles. The number of nitrogens with zero attached hydrogens (tertiary/aromatic N) is 1. The van der Waals surface area contributed by atoms with Gasteiger partial charge in [-0.25, -0.2) is 0 Å². The quantitative estimate of drug-likeness (QED) is 0.749. The number of likely N-dealkylation sites (tertiary alicyclic amines) is 1. The van der Waals surface area contributed by atoms with E-state index in [0.29, 0.717) is 6.54 Å². The minimum Gasteiger partial charge on any atom is -0.385 e. The number of rotatable bonds is 4. The molecule has 1 atom stereocenters. The lowest BCUT2D eigenvalue weighted by atomic mass is 10.1. The molecule has 3 aromatic rings. The molecule has 2 N–H and O–H groups in total. The van der Waals surface area contributed by atoms with E-state index in [1.54, 1.807) is 0 Å². The fourth-order valence-electron chi connectivity index (χ4n) is 4.09. The predicted octanol–water partition coefficient (Wildman–Crippen LogP) is 2.88. The lowest BCUT2D eigenvalue weighted by Gasteiger charge is -2.26. The first-order chi connectivity index (χ1) is 11.7. The molecule has 24 heavy (non-hydrogen) atoms. The SMILES string of the molecule is O[C@@H](Cn1c2ccccc2c2cc(Cl)ccc21)C[NH+]1CCCCC1. The summed E-state index contributed by atoms with van der Waals surface area (Å²) in [5.41, 5.74) is 2.32. The van der Waals surface area contributed by atoms with Crippen molar-refractivity contribution in [3.63, 3.8) is 0 Å². The van der Waals surface area contributed by atoms with Crippen LogP contribution in [0, 0.1) is 0 Å². The highest BCUT2D eigenvalue weighted by Crippen LogP contribution is 2.31. The second kappa shape index (κ2) is 6.75. The van der Waals surface area contributed by atoms with E-state index in [1.165, 1.54) is 48.2 Å². The van der Waals surface area contributed by atoms with Crippen molar-refractivity contribution >= 4 is 33.4 Å². The van der Waals surface area contributed by atoms with Gasteiger partial charge in [0, 0.05) is 26.8 Å². The molecule has 1 saturated heterocycles. The molecular formula is C20H24ClN2O+. The van der Waals surface area contributed by atoms with E-state index in [2.05, 4.69) is 34.9 Å². The molecule has 0 spiro atoms. The second-order valence-electron chi connectivity index (χ2n) is 6.96. The maximum atomic E-state index is 10.7. The summed E-state index contributed by atoms with van der Waals surface area (Å²) in [6.07, 6.45) is 3.59. The first-order valence-electron chi connectivity index (χ1n) is 8.90. The number of aromatic nitrogens is 1. The van der Waals surface area contributed by atoms with E-state index in [4.69, 9.17) is 11.6 Å². The normalized spacial score (nSPS) is 17.6. The lowest BCUT2D eigenvalue weighted by Crippen LogP contribution is -3.13. The van der Waals surface area contributed by atoms with Gasteiger partial charge in [0.15, 0.2) is 0 Å². The van der Waals surface area contributed by atoms with Crippen molar-refractivity contribution in [2.45, 2.75) is 31.9 Å². The van der Waals surface area contributed by atoms with Crippen LogP contribution in [0.1, 0.15) is 19.3 Å². The van der Waals surface area contributed by atoms with Gasteiger partial charge in [-0.1, -0.05) is 29.8 Å². The Balaban J connectivity index is 1.67. The van der Waals surface area contributed by atoms with Gasteiger partial charge in [-0.15, -0.1) is 0 Å². The lowest BCUT2D eigenvalue weighted by molar-refractivity contribution is -0.908. The molecule has 126 valence electrons. The maximum absolute atomic E-state index is 10.7. The van der Waals surface area contributed by atoms with Gasteiger partial charge >= 0.3 is 0 Å². The van der Waals surface area contributed by atoms with Crippen molar-refractivity contribution in [3.05, 3.63) is 47.5 Å². The summed E-state index contributed by atoms with van der Waals surface area (Å²) in [5.74, 6) is 0. The number of benzene rings is 2. The van der Waals surface area contributed by atoms with E-state index in [1.807, 2.05) is 12.1 Å². The number of nitrogens with one attached hydrogen (secondary N) is 1. The summed E-state index contributed by atoms with van der Waals surface area (Å²) >= 11 is 6.20. The van der Waals surface area contributed by atoms with Crippen LogP contribution in [0.25, 0.3) is 21.8 Å². The zero-order chi connectivity index (χ0) is 16.5. The predicted molar refractivity (Wildman–Crippen MR) is 99.9 cm³/mol. The number of aliphatic hydroxyl groups is 1. The number of hydrogen-bond acceptors (Lipinski definition) is 1. The Kier molecular flexibility index (Phi) is 4.49. The van der Waals surface area contributed by atoms with E-state index >= 15 is 0 Å². The number of aliphatic hydroxyl groups excluding tert-OH is 1. The van der Waals surface area contributed by atoms with Gasteiger partial charge in [0.2, 0.25) is 0 Å². The molecule has 0 saturated carbocycles. The topological polar surface area (TPSA) is 29.6 Å². The van der Waals surface area contributed by atoms with Gasteiger partial charge in [0.25, 0.3) is 0 Å². The summed E-state index contributed by atoms with van der Waals surface area (Å²) < 4.78 is 2.25. The zero-order valence-electron chi connectivity index (χ0n) is 13.8. The third-order valence-corrected chi connectivity index (χ3v) is 5.45. The first-order valence-corrected chi connectivity index (χ1v) is 9.28. The van der Waals surface area contributed by atoms with Crippen LogP contribution in [0.4, 0.5) is 0 Å². The summed E-state index contributed by atoms with van der Waals surface area (Å²) in [5, 5.41) is 13.8. The van der Waals surface area contributed by atoms with Crippen molar-refractivity contribution in [1.29, 1.82) is 0 Å². The van der Waals surface area contributed by atoms with Crippen LogP contribution in [0.3, 0.4) is 0 Å². The monoisotopic (exact) mass is 343 g/mol. The van der Waals surface area contributed by atoms with Crippen LogP contribution in [-0.4, -0.2) is 35.4 Å². The van der Waals surface area contributed by atoms with Crippen molar-refractivity contribution < 1.29 is 10.0 Å². The second-order valence-corrected chi connectivity index (χ2v) is 7.39. The standard InChI is InChI=1S/C20H23ClN2O/c21-15-8-9-20-18(12-15)17-6-2-3-7-19(17)23(20)14-16(24)13-22-10-4-1-5-11-22/h2-3,6-9,12,16,24H,1,4-5,10-11,13-14H2/p+1/t16-/m1/s1. The highest BCUT2D eigenvalue weighted by atomic mass is 35.5. The van der Waals surface area contributed by atoms with Gasteiger partial charge in [-0.05, 0) is 43.5 Å². The first kappa shape index (κ1) is 15.9. The fraction of sp³-hybridized carbons (Fsp3) is 0.400. The molecule has 0 bridgehead atoms. The van der Waals surface area contributed by atoms with Crippen molar-refractivity contribution in [1.82, 2.24) is 4.57 Å². The van der Waals surface area contributed by atoms with E-state index in [-0.39, 0.29) is 6.10 Å². The van der Waals surface area contributed by atoms with Crippen LogP contribution in [0.2, 0.25) is 5.02 Å². The average molecular weight is 344 g/mol. The summed E-state index contributed by atoms with van der Waals surface area (Å²) in [6, 6.07) is 14.4. The van der Waals surface area contributed by atoms with Gasteiger partial charge in [-0.2, -0.15) is 0 Å². The molecule has 1 aliphatic heterocycles. The number of piperidine rings is 1. The van der Waals surface area contributed by atoms with Gasteiger partial charge in [0.05, 0.1) is 19.6 Å². The molecule has 3 nitrogen and oxygen atoms in total. The molecule has 0 radical (unpaired) electrons. The molecule has 0 unspecified atom stereocenters. The molecule has 4 rings (SSSR count). The van der Waals surface area contributed by atoms with Crippen molar-refractivity contribution in [2.75, 3.05) is 19.6 Å². The Morgan fingerprint density at radius 1 is 1.00 bits per heavy atom. The summed E-state index contributed by atoms with van der Waals surface area (Å²) in [7, 11) is 0. The Morgan fingerprint density at radius 3 is 2.58 bits per heavy atom. The molecule has 1 fully saturated rings. The highest BCUT2D eigenvalue weighted by molar-refractivity contribution is 6.31. The van der Waals surface area contributed by atoms with Crippen LogP contribution >= 0.6 is 11.6 Å². The van der Waals surface area contributed by atoms with E-state index < -0.39 is 0 Å². The number of halogens is 1. The largest absolute Gasteiger partial charge is 0.385 e.